The van der Waals surface area contributed by atoms with Crippen molar-refractivity contribution in [2.24, 2.45) is 0 Å². The number of fused-ring (bicyclic) bond motifs is 1. The second kappa shape index (κ2) is 6.75. The van der Waals surface area contributed by atoms with E-state index in [2.05, 4.69) is 20.3 Å². The van der Waals surface area contributed by atoms with Gasteiger partial charge in [-0.05, 0) is 37.6 Å². The van der Waals surface area contributed by atoms with Crippen LogP contribution < -0.4 is 0 Å². The Kier molecular flexibility index (Phi) is 4.06. The van der Waals surface area contributed by atoms with Crippen molar-refractivity contribution in [2.75, 3.05) is 0 Å². The molecule has 0 spiro atoms. The Morgan fingerprint density at radius 2 is 2.07 bits per heavy atom. The largest absolute Gasteiger partial charge is 0.298 e. The van der Waals surface area contributed by atoms with Crippen LogP contribution in [-0.4, -0.2) is 36.1 Å². The summed E-state index contributed by atoms with van der Waals surface area (Å²) in [6.07, 6.45) is 4.25. The molecule has 142 valence electrons. The van der Waals surface area contributed by atoms with E-state index < -0.39 is 0 Å². The number of aryl methyl sites for hydroxylation is 2. The molecular formula is C21H16N6OS. The summed E-state index contributed by atoms with van der Waals surface area (Å²) < 4.78 is 1.86. The smallest absolute Gasteiger partial charge is 0.167 e. The van der Waals surface area contributed by atoms with Gasteiger partial charge in [0.05, 0.1) is 27.3 Å². The highest BCUT2D eigenvalue weighted by atomic mass is 32.1. The molecule has 0 saturated carbocycles. The van der Waals surface area contributed by atoms with Crippen LogP contribution in [-0.2, 0) is 0 Å². The number of rotatable bonds is 4. The van der Waals surface area contributed by atoms with E-state index in [0.717, 1.165) is 49.8 Å². The predicted molar refractivity (Wildman–Crippen MR) is 112 cm³/mol. The first-order valence-electron chi connectivity index (χ1n) is 9.03. The van der Waals surface area contributed by atoms with Gasteiger partial charge < -0.3 is 0 Å². The Morgan fingerprint density at radius 3 is 2.86 bits per heavy atom. The van der Waals surface area contributed by atoms with E-state index in [1.807, 2.05) is 61.0 Å². The molecule has 0 amide bonds. The molecule has 0 bridgehead atoms. The molecule has 4 heterocycles. The third kappa shape index (κ3) is 2.85. The van der Waals surface area contributed by atoms with Crippen molar-refractivity contribution in [3.8, 4) is 32.5 Å². The summed E-state index contributed by atoms with van der Waals surface area (Å²) in [6, 6.07) is 11.6. The molecule has 4 aromatic heterocycles. The zero-order valence-corrected chi connectivity index (χ0v) is 16.6. The first-order chi connectivity index (χ1) is 14.2. The zero-order valence-electron chi connectivity index (χ0n) is 15.7. The van der Waals surface area contributed by atoms with E-state index in [1.54, 1.807) is 0 Å². The Labute approximate surface area is 170 Å². The number of H-pyrrole nitrogens is 1. The summed E-state index contributed by atoms with van der Waals surface area (Å²) in [5, 5.41) is 12.4. The molecule has 0 aliphatic carbocycles. The molecule has 1 aromatic carbocycles. The van der Waals surface area contributed by atoms with Crippen molar-refractivity contribution >= 4 is 23.1 Å². The SMILES string of the molecule is Cc1ccc(C=O)cc1-c1nc(-c2c(C)nn3ccccc23)sc1-c1ncn[nH]1. The van der Waals surface area contributed by atoms with Crippen LogP contribution in [0.15, 0.2) is 48.9 Å². The van der Waals surface area contributed by atoms with Crippen molar-refractivity contribution < 1.29 is 4.79 Å². The standard InChI is InChI=1S/C21H16N6OS/c1-12-6-7-14(10-28)9-15(12)18-19(20-22-11-23-25-20)29-21(24-18)17-13(2)26-27-8-4-3-5-16(17)27/h3-11H,1-2H3,(H,22,23,25). The Balaban J connectivity index is 1.79. The Hall–Kier alpha value is -3.65. The monoisotopic (exact) mass is 400 g/mol. The maximum atomic E-state index is 11.3. The van der Waals surface area contributed by atoms with Gasteiger partial charge in [0, 0.05) is 17.3 Å². The molecule has 0 aliphatic heterocycles. The number of carbonyl (C=O) groups is 1. The predicted octanol–water partition coefficient (Wildman–Crippen LogP) is 4.34. The molecule has 1 N–H and O–H groups in total. The first-order valence-corrected chi connectivity index (χ1v) is 9.84. The minimum atomic E-state index is 0.607. The lowest BCUT2D eigenvalue weighted by Gasteiger charge is -2.05. The number of pyridine rings is 1. The average Bonchev–Trinajstić information content (AvgIpc) is 3.45. The van der Waals surface area contributed by atoms with Crippen LogP contribution in [0.1, 0.15) is 21.6 Å². The van der Waals surface area contributed by atoms with Crippen LogP contribution >= 0.6 is 11.3 Å². The fourth-order valence-electron chi connectivity index (χ4n) is 3.43. The number of aromatic amines is 1. The third-order valence-electron chi connectivity index (χ3n) is 4.84. The number of hydrogen-bond acceptors (Lipinski definition) is 6. The number of benzene rings is 1. The summed E-state index contributed by atoms with van der Waals surface area (Å²) in [7, 11) is 0. The van der Waals surface area contributed by atoms with Crippen LogP contribution in [0.5, 0.6) is 0 Å². The molecule has 5 aromatic rings. The molecule has 29 heavy (non-hydrogen) atoms. The van der Waals surface area contributed by atoms with E-state index >= 15 is 0 Å². The topological polar surface area (TPSA) is 88.8 Å². The van der Waals surface area contributed by atoms with Crippen LogP contribution in [0.2, 0.25) is 0 Å². The second-order valence-corrected chi connectivity index (χ2v) is 7.71. The molecule has 7 nitrogen and oxygen atoms in total. The molecule has 0 radical (unpaired) electrons. The molecule has 0 fully saturated rings. The average molecular weight is 400 g/mol. The van der Waals surface area contributed by atoms with Gasteiger partial charge in [-0.3, -0.25) is 9.89 Å². The van der Waals surface area contributed by atoms with Crippen molar-refractivity contribution in [1.29, 1.82) is 0 Å². The van der Waals surface area contributed by atoms with Gasteiger partial charge in [-0.2, -0.15) is 10.2 Å². The highest BCUT2D eigenvalue weighted by molar-refractivity contribution is 7.19. The van der Waals surface area contributed by atoms with E-state index in [0.29, 0.717) is 11.4 Å². The number of aromatic nitrogens is 6. The number of thiazole rings is 1. The molecule has 0 unspecified atom stereocenters. The third-order valence-corrected chi connectivity index (χ3v) is 5.92. The van der Waals surface area contributed by atoms with E-state index in [1.165, 1.54) is 17.7 Å². The highest BCUT2D eigenvalue weighted by Crippen LogP contribution is 2.42. The summed E-state index contributed by atoms with van der Waals surface area (Å²) in [5.74, 6) is 0.647. The summed E-state index contributed by atoms with van der Waals surface area (Å²) in [5.41, 5.74) is 6.20. The van der Waals surface area contributed by atoms with Gasteiger partial charge in [-0.25, -0.2) is 14.5 Å². The van der Waals surface area contributed by atoms with Crippen LogP contribution in [0, 0.1) is 13.8 Å². The summed E-state index contributed by atoms with van der Waals surface area (Å²) >= 11 is 1.53. The minimum absolute atomic E-state index is 0.607. The Morgan fingerprint density at radius 1 is 1.17 bits per heavy atom. The van der Waals surface area contributed by atoms with Crippen molar-refractivity contribution in [1.82, 2.24) is 29.8 Å². The van der Waals surface area contributed by atoms with Crippen molar-refractivity contribution in [3.63, 3.8) is 0 Å². The fraction of sp³-hybridized carbons (Fsp3) is 0.0952. The van der Waals surface area contributed by atoms with Gasteiger partial charge in [0.15, 0.2) is 5.82 Å². The van der Waals surface area contributed by atoms with E-state index in [9.17, 15) is 4.79 Å². The molecule has 8 heteroatoms. The molecule has 5 rings (SSSR count). The van der Waals surface area contributed by atoms with Crippen LogP contribution in [0.25, 0.3) is 38.0 Å². The molecular weight excluding hydrogens is 384 g/mol. The lowest BCUT2D eigenvalue weighted by molar-refractivity contribution is 0.112. The quantitative estimate of drug-likeness (QED) is 0.453. The van der Waals surface area contributed by atoms with Gasteiger partial charge in [0.2, 0.25) is 0 Å². The minimum Gasteiger partial charge on any atom is -0.298 e. The number of nitrogens with one attached hydrogen (secondary N) is 1. The second-order valence-electron chi connectivity index (χ2n) is 6.71. The lowest BCUT2D eigenvalue weighted by atomic mass is 10.0. The number of aldehydes is 1. The first kappa shape index (κ1) is 17.4. The Bertz CT molecular complexity index is 1350. The van der Waals surface area contributed by atoms with Gasteiger partial charge in [0.1, 0.15) is 17.6 Å². The highest BCUT2D eigenvalue weighted by Gasteiger charge is 2.22. The van der Waals surface area contributed by atoms with Crippen molar-refractivity contribution in [2.45, 2.75) is 13.8 Å². The zero-order chi connectivity index (χ0) is 20.0. The van der Waals surface area contributed by atoms with E-state index in [4.69, 9.17) is 4.98 Å². The lowest BCUT2D eigenvalue weighted by Crippen LogP contribution is -1.90. The summed E-state index contributed by atoms with van der Waals surface area (Å²) in [4.78, 5) is 21.5. The van der Waals surface area contributed by atoms with Gasteiger partial charge in [0.25, 0.3) is 0 Å². The normalized spacial score (nSPS) is 11.2. The van der Waals surface area contributed by atoms with Crippen molar-refractivity contribution in [3.05, 3.63) is 65.7 Å². The molecule has 0 aliphatic rings. The van der Waals surface area contributed by atoms with Crippen LogP contribution in [0.4, 0.5) is 0 Å². The number of nitrogens with zero attached hydrogens (tertiary/aromatic N) is 5. The maximum absolute atomic E-state index is 11.3. The molecule has 0 saturated heterocycles. The van der Waals surface area contributed by atoms with E-state index in [-0.39, 0.29) is 0 Å². The van der Waals surface area contributed by atoms with Gasteiger partial charge >= 0.3 is 0 Å². The van der Waals surface area contributed by atoms with Gasteiger partial charge in [-0.15, -0.1) is 11.3 Å². The maximum Gasteiger partial charge on any atom is 0.167 e. The van der Waals surface area contributed by atoms with Crippen LogP contribution in [0.3, 0.4) is 0 Å². The number of hydrogen-bond donors (Lipinski definition) is 1. The fourth-order valence-corrected chi connectivity index (χ4v) is 4.57. The summed E-state index contributed by atoms with van der Waals surface area (Å²) in [6.45, 7) is 3.99. The van der Waals surface area contributed by atoms with Gasteiger partial charge in [-0.1, -0.05) is 18.2 Å². The molecule has 0 atom stereocenters. The number of carbonyl (C=O) groups excluding carboxylic acids is 1.